The molecule has 0 bridgehead atoms. The normalized spacial score (nSPS) is 11.6. The molecule has 0 heterocycles. The summed E-state index contributed by atoms with van der Waals surface area (Å²) in [6.07, 6.45) is 29.9. The molecule has 0 aromatic heterocycles. The van der Waals surface area contributed by atoms with Gasteiger partial charge in [-0.1, -0.05) is 139 Å². The summed E-state index contributed by atoms with van der Waals surface area (Å²) < 4.78 is 0. The molecule has 31 heavy (non-hydrogen) atoms. The fraction of sp³-hybridized carbons (Fsp3) is 0.613. The average molecular weight is 421 g/mol. The number of rotatable bonds is 19. The minimum Gasteiger partial charge on any atom is -0.0885 e. The van der Waals surface area contributed by atoms with Crippen LogP contribution < -0.4 is 0 Å². The molecule has 0 N–H and O–H groups in total. The van der Waals surface area contributed by atoms with Crippen molar-refractivity contribution in [3.05, 3.63) is 60.2 Å². The second-order valence-corrected chi connectivity index (χ2v) is 9.39. The van der Waals surface area contributed by atoms with E-state index < -0.39 is 0 Å². The van der Waals surface area contributed by atoms with Crippen molar-refractivity contribution in [3.8, 4) is 0 Å². The Morgan fingerprint density at radius 2 is 1.03 bits per heavy atom. The van der Waals surface area contributed by atoms with Gasteiger partial charge in [0.05, 0.1) is 0 Å². The van der Waals surface area contributed by atoms with Crippen LogP contribution in [0, 0.1) is 0 Å². The van der Waals surface area contributed by atoms with E-state index in [4.69, 9.17) is 0 Å². The minimum absolute atomic E-state index is 1.20. The van der Waals surface area contributed by atoms with Gasteiger partial charge in [-0.05, 0) is 54.9 Å². The number of hydrogen-bond donors (Lipinski definition) is 0. The summed E-state index contributed by atoms with van der Waals surface area (Å²) in [6, 6.07) is 15.5. The zero-order valence-corrected chi connectivity index (χ0v) is 20.4. The van der Waals surface area contributed by atoms with E-state index >= 15 is 0 Å². The van der Waals surface area contributed by atoms with E-state index in [0.29, 0.717) is 0 Å². The predicted octanol–water partition coefficient (Wildman–Crippen LogP) is 10.6. The molecule has 0 spiro atoms. The number of benzene rings is 2. The van der Waals surface area contributed by atoms with Crippen LogP contribution in [0.3, 0.4) is 0 Å². The van der Waals surface area contributed by atoms with Crippen LogP contribution in [0.2, 0.25) is 0 Å². The summed E-state index contributed by atoms with van der Waals surface area (Å²) in [6.45, 7) is 2.30. The molecule has 2 aromatic rings. The van der Waals surface area contributed by atoms with E-state index in [1.807, 2.05) is 0 Å². The SMILES string of the molecule is CCCCCCCCCCCCCCC/C=C/CCCCc1cccc2ccccc12. The van der Waals surface area contributed by atoms with Crippen molar-refractivity contribution in [2.24, 2.45) is 0 Å². The highest BCUT2D eigenvalue weighted by Gasteiger charge is 1.99. The van der Waals surface area contributed by atoms with Gasteiger partial charge < -0.3 is 0 Å². The molecule has 172 valence electrons. The van der Waals surface area contributed by atoms with E-state index in [9.17, 15) is 0 Å². The maximum atomic E-state index is 2.43. The predicted molar refractivity (Wildman–Crippen MR) is 141 cm³/mol. The Balaban J connectivity index is 1.35. The molecule has 0 unspecified atom stereocenters. The van der Waals surface area contributed by atoms with Gasteiger partial charge >= 0.3 is 0 Å². The molecule has 0 nitrogen and oxygen atoms in total. The number of fused-ring (bicyclic) bond motifs is 1. The van der Waals surface area contributed by atoms with Gasteiger partial charge in [-0.15, -0.1) is 0 Å². The summed E-state index contributed by atoms with van der Waals surface area (Å²) in [4.78, 5) is 0. The first-order valence-electron chi connectivity index (χ1n) is 13.5. The van der Waals surface area contributed by atoms with Gasteiger partial charge in [0.25, 0.3) is 0 Å². The second-order valence-electron chi connectivity index (χ2n) is 9.39. The number of aryl methyl sites for hydroxylation is 1. The minimum atomic E-state index is 1.20. The van der Waals surface area contributed by atoms with Crippen LogP contribution in [0.15, 0.2) is 54.6 Å². The largest absolute Gasteiger partial charge is 0.0885 e. The lowest BCUT2D eigenvalue weighted by Crippen LogP contribution is -1.87. The summed E-state index contributed by atoms with van der Waals surface area (Å²) in [7, 11) is 0. The molecule has 0 heteroatoms. The number of allylic oxidation sites excluding steroid dienone is 2. The van der Waals surface area contributed by atoms with Crippen LogP contribution >= 0.6 is 0 Å². The molecular formula is C31H48. The molecular weight excluding hydrogens is 372 g/mol. The molecule has 0 atom stereocenters. The molecule has 2 rings (SSSR count). The first-order chi connectivity index (χ1) is 15.4. The van der Waals surface area contributed by atoms with Crippen LogP contribution in [-0.2, 0) is 6.42 Å². The van der Waals surface area contributed by atoms with Gasteiger partial charge in [0, 0.05) is 0 Å². The van der Waals surface area contributed by atoms with Gasteiger partial charge in [0.1, 0.15) is 0 Å². The van der Waals surface area contributed by atoms with Crippen LogP contribution in [0.5, 0.6) is 0 Å². The van der Waals surface area contributed by atoms with E-state index in [0.717, 1.165) is 0 Å². The number of hydrogen-bond acceptors (Lipinski definition) is 0. The van der Waals surface area contributed by atoms with Crippen LogP contribution in [0.1, 0.15) is 122 Å². The second kappa shape index (κ2) is 18.1. The van der Waals surface area contributed by atoms with E-state index in [-0.39, 0.29) is 0 Å². The Bertz CT molecular complexity index is 691. The highest BCUT2D eigenvalue weighted by molar-refractivity contribution is 5.85. The molecule has 0 aliphatic rings. The van der Waals surface area contributed by atoms with Crippen LogP contribution in [0.4, 0.5) is 0 Å². The average Bonchev–Trinajstić information content (AvgIpc) is 2.80. The Morgan fingerprint density at radius 3 is 1.68 bits per heavy atom. The Labute approximate surface area is 193 Å². The fourth-order valence-corrected chi connectivity index (χ4v) is 4.60. The van der Waals surface area contributed by atoms with Gasteiger partial charge in [0.2, 0.25) is 0 Å². The van der Waals surface area contributed by atoms with Crippen molar-refractivity contribution >= 4 is 10.8 Å². The Morgan fingerprint density at radius 1 is 0.516 bits per heavy atom. The fourth-order valence-electron chi connectivity index (χ4n) is 4.60. The lowest BCUT2D eigenvalue weighted by atomic mass is 10.00. The van der Waals surface area contributed by atoms with Crippen molar-refractivity contribution in [1.82, 2.24) is 0 Å². The van der Waals surface area contributed by atoms with Gasteiger partial charge in [0.15, 0.2) is 0 Å². The summed E-state index contributed by atoms with van der Waals surface area (Å²) >= 11 is 0. The monoisotopic (exact) mass is 420 g/mol. The molecule has 0 amide bonds. The van der Waals surface area contributed by atoms with E-state index in [1.54, 1.807) is 0 Å². The molecule has 0 saturated carbocycles. The summed E-state index contributed by atoms with van der Waals surface area (Å²) in [5.74, 6) is 0. The van der Waals surface area contributed by atoms with E-state index in [2.05, 4.69) is 61.5 Å². The quantitative estimate of drug-likeness (QED) is 0.156. The molecule has 0 saturated heterocycles. The third kappa shape index (κ3) is 12.2. The third-order valence-electron chi connectivity index (χ3n) is 6.59. The van der Waals surface area contributed by atoms with Gasteiger partial charge in [-0.25, -0.2) is 0 Å². The van der Waals surface area contributed by atoms with E-state index in [1.165, 1.54) is 132 Å². The van der Waals surface area contributed by atoms with Crippen molar-refractivity contribution in [3.63, 3.8) is 0 Å². The molecule has 0 aliphatic heterocycles. The molecule has 2 aromatic carbocycles. The highest BCUT2D eigenvalue weighted by atomic mass is 14.0. The van der Waals surface area contributed by atoms with Crippen LogP contribution in [-0.4, -0.2) is 0 Å². The molecule has 0 fully saturated rings. The molecule has 0 radical (unpaired) electrons. The third-order valence-corrected chi connectivity index (χ3v) is 6.59. The van der Waals surface area contributed by atoms with Crippen molar-refractivity contribution in [1.29, 1.82) is 0 Å². The van der Waals surface area contributed by atoms with Gasteiger partial charge in [-0.3, -0.25) is 0 Å². The summed E-state index contributed by atoms with van der Waals surface area (Å²) in [5.41, 5.74) is 1.51. The first-order valence-corrected chi connectivity index (χ1v) is 13.5. The zero-order valence-electron chi connectivity index (χ0n) is 20.4. The highest BCUT2D eigenvalue weighted by Crippen LogP contribution is 2.20. The Kier molecular flexibility index (Phi) is 15.0. The first kappa shape index (κ1) is 25.7. The maximum absolute atomic E-state index is 2.43. The maximum Gasteiger partial charge on any atom is -0.0152 e. The molecule has 0 aliphatic carbocycles. The van der Waals surface area contributed by atoms with Gasteiger partial charge in [-0.2, -0.15) is 0 Å². The van der Waals surface area contributed by atoms with Crippen molar-refractivity contribution in [2.75, 3.05) is 0 Å². The number of unbranched alkanes of at least 4 members (excludes halogenated alkanes) is 15. The smallest absolute Gasteiger partial charge is 0.0152 e. The zero-order chi connectivity index (χ0) is 21.8. The lowest BCUT2D eigenvalue weighted by Gasteiger charge is -2.05. The van der Waals surface area contributed by atoms with Crippen molar-refractivity contribution in [2.45, 2.75) is 122 Å². The lowest BCUT2D eigenvalue weighted by molar-refractivity contribution is 0.540. The topological polar surface area (TPSA) is 0 Å². The van der Waals surface area contributed by atoms with Crippen molar-refractivity contribution < 1.29 is 0 Å². The standard InChI is InChI=1S/C31H48/c1-2-3-4-5-6-7-8-9-10-11-12-13-14-15-16-17-18-19-20-24-29-26-23-27-30-25-21-22-28-31(29)30/h16-17,21-23,25-28H,2-15,18-20,24H2,1H3/b17-16+. The Hall–Kier alpha value is -1.56. The summed E-state index contributed by atoms with van der Waals surface area (Å²) in [5, 5.41) is 2.81. The van der Waals surface area contributed by atoms with Crippen LogP contribution in [0.25, 0.3) is 10.8 Å².